The number of fused-ring (bicyclic) bond motifs is 1. The highest BCUT2D eigenvalue weighted by Gasteiger charge is 2.22. The molecule has 2 aromatic rings. The molecular formula is C24H34N2O2. The number of benzene rings is 2. The Labute approximate surface area is 168 Å². The van der Waals surface area contributed by atoms with E-state index in [9.17, 15) is 10.2 Å². The molecule has 0 unspecified atom stereocenters. The highest BCUT2D eigenvalue weighted by Crippen LogP contribution is 2.41. The van der Waals surface area contributed by atoms with E-state index in [1.54, 1.807) is 0 Å². The fourth-order valence-corrected chi connectivity index (χ4v) is 4.91. The number of aromatic hydroxyl groups is 2. The fraction of sp³-hybridized carbons (Fsp3) is 0.583. The van der Waals surface area contributed by atoms with Gasteiger partial charge in [0.15, 0.2) is 11.5 Å². The van der Waals surface area contributed by atoms with Crippen molar-refractivity contribution in [2.75, 3.05) is 26.2 Å². The van der Waals surface area contributed by atoms with E-state index in [0.717, 1.165) is 48.1 Å². The van der Waals surface area contributed by atoms with Crippen molar-refractivity contribution in [2.45, 2.75) is 64.5 Å². The first kappa shape index (κ1) is 19.5. The molecule has 4 heteroatoms. The summed E-state index contributed by atoms with van der Waals surface area (Å²) in [6.45, 7) is 5.72. The van der Waals surface area contributed by atoms with Gasteiger partial charge in [-0.05, 0) is 62.6 Å². The molecular weight excluding hydrogens is 348 g/mol. The second kappa shape index (κ2) is 9.15. The maximum absolute atomic E-state index is 11.0. The Morgan fingerprint density at radius 3 is 1.29 bits per heavy atom. The van der Waals surface area contributed by atoms with Gasteiger partial charge >= 0.3 is 0 Å². The van der Waals surface area contributed by atoms with Crippen LogP contribution in [0.3, 0.4) is 0 Å². The maximum atomic E-state index is 11.0. The smallest absolute Gasteiger partial charge is 0.162 e. The molecule has 0 aromatic heterocycles. The summed E-state index contributed by atoms with van der Waals surface area (Å²) in [6.07, 6.45) is 10.1. The van der Waals surface area contributed by atoms with Crippen LogP contribution in [0.1, 0.15) is 62.5 Å². The van der Waals surface area contributed by atoms with Crippen molar-refractivity contribution in [1.82, 2.24) is 9.80 Å². The van der Waals surface area contributed by atoms with Gasteiger partial charge in [0, 0.05) is 24.2 Å². The standard InChI is InChI=1S/C24H34N2O2/c27-23-21(17-25-13-7-1-2-8-14-25)19-11-5-6-12-20(19)22(24(23)28)18-26-15-9-3-4-10-16-26/h5-6,11-12,27-28H,1-4,7-10,13-18H2. The summed E-state index contributed by atoms with van der Waals surface area (Å²) in [5, 5.41) is 24.1. The molecule has 2 heterocycles. The van der Waals surface area contributed by atoms with Gasteiger partial charge < -0.3 is 10.2 Å². The lowest BCUT2D eigenvalue weighted by atomic mass is 9.96. The van der Waals surface area contributed by atoms with Gasteiger partial charge in [0.25, 0.3) is 0 Å². The third kappa shape index (κ3) is 4.28. The van der Waals surface area contributed by atoms with E-state index in [0.29, 0.717) is 13.1 Å². The van der Waals surface area contributed by atoms with Gasteiger partial charge in [0.1, 0.15) is 0 Å². The zero-order valence-corrected chi connectivity index (χ0v) is 17.0. The molecule has 2 N–H and O–H groups in total. The van der Waals surface area contributed by atoms with Crippen molar-refractivity contribution in [2.24, 2.45) is 0 Å². The number of rotatable bonds is 4. The Kier molecular flexibility index (Phi) is 6.38. The average Bonchev–Trinajstić information content (AvgIpc) is 3.13. The third-order valence-electron chi connectivity index (χ3n) is 6.53. The Bertz CT molecular complexity index is 722. The summed E-state index contributed by atoms with van der Waals surface area (Å²) in [5.41, 5.74) is 1.77. The molecule has 0 atom stereocenters. The van der Waals surface area contributed by atoms with E-state index in [-0.39, 0.29) is 11.5 Å². The third-order valence-corrected chi connectivity index (χ3v) is 6.53. The average molecular weight is 383 g/mol. The van der Waals surface area contributed by atoms with Gasteiger partial charge in [-0.1, -0.05) is 49.9 Å². The van der Waals surface area contributed by atoms with Crippen LogP contribution in [0.4, 0.5) is 0 Å². The zero-order valence-electron chi connectivity index (χ0n) is 17.0. The lowest BCUT2D eigenvalue weighted by Crippen LogP contribution is -2.25. The first-order valence-electron chi connectivity index (χ1n) is 11.1. The molecule has 152 valence electrons. The van der Waals surface area contributed by atoms with Crippen LogP contribution in [-0.4, -0.2) is 46.2 Å². The van der Waals surface area contributed by atoms with Gasteiger partial charge in [-0.25, -0.2) is 0 Å². The normalized spacial score (nSPS) is 20.1. The highest BCUT2D eigenvalue weighted by molar-refractivity contribution is 5.93. The van der Waals surface area contributed by atoms with Crippen molar-refractivity contribution in [3.05, 3.63) is 35.4 Å². The molecule has 4 rings (SSSR count). The van der Waals surface area contributed by atoms with Crippen LogP contribution in [0.5, 0.6) is 11.5 Å². The van der Waals surface area contributed by atoms with Crippen molar-refractivity contribution in [3.63, 3.8) is 0 Å². The molecule has 2 aromatic carbocycles. The van der Waals surface area contributed by atoms with Crippen molar-refractivity contribution < 1.29 is 10.2 Å². The van der Waals surface area contributed by atoms with Gasteiger partial charge in [-0.15, -0.1) is 0 Å². The molecule has 0 bridgehead atoms. The number of phenols is 2. The summed E-state index contributed by atoms with van der Waals surface area (Å²) >= 11 is 0. The lowest BCUT2D eigenvalue weighted by molar-refractivity contribution is 0.267. The fourth-order valence-electron chi connectivity index (χ4n) is 4.91. The lowest BCUT2D eigenvalue weighted by Gasteiger charge is -2.25. The van der Waals surface area contributed by atoms with E-state index < -0.39 is 0 Å². The second-order valence-corrected chi connectivity index (χ2v) is 8.58. The molecule has 0 radical (unpaired) electrons. The van der Waals surface area contributed by atoms with E-state index in [1.807, 2.05) is 12.1 Å². The number of phenolic OH excluding ortho intramolecular Hbond substituents is 2. The summed E-state index contributed by atoms with van der Waals surface area (Å²) in [4.78, 5) is 4.87. The first-order chi connectivity index (χ1) is 13.7. The molecule has 2 fully saturated rings. The zero-order chi connectivity index (χ0) is 19.3. The van der Waals surface area contributed by atoms with Gasteiger partial charge in [-0.3, -0.25) is 9.80 Å². The van der Waals surface area contributed by atoms with Gasteiger partial charge in [0.05, 0.1) is 0 Å². The van der Waals surface area contributed by atoms with Crippen LogP contribution in [0.25, 0.3) is 10.8 Å². The van der Waals surface area contributed by atoms with Crippen LogP contribution in [0.15, 0.2) is 24.3 Å². The van der Waals surface area contributed by atoms with E-state index in [2.05, 4.69) is 21.9 Å². The number of hydrogen-bond acceptors (Lipinski definition) is 4. The number of likely N-dealkylation sites (tertiary alicyclic amines) is 2. The van der Waals surface area contributed by atoms with Crippen LogP contribution in [0, 0.1) is 0 Å². The van der Waals surface area contributed by atoms with E-state index in [1.165, 1.54) is 51.4 Å². The summed E-state index contributed by atoms with van der Waals surface area (Å²) < 4.78 is 0. The molecule has 28 heavy (non-hydrogen) atoms. The predicted octanol–water partition coefficient (Wildman–Crippen LogP) is 5.00. The molecule has 0 saturated carbocycles. The van der Waals surface area contributed by atoms with Gasteiger partial charge in [0.2, 0.25) is 0 Å². The molecule has 2 aliphatic rings. The Morgan fingerprint density at radius 2 is 0.929 bits per heavy atom. The molecule has 0 amide bonds. The molecule has 2 aliphatic heterocycles. The SMILES string of the molecule is Oc1c(O)c(CN2CCCCCC2)c2ccccc2c1CN1CCCCCC1. The molecule has 0 spiro atoms. The summed E-state index contributed by atoms with van der Waals surface area (Å²) in [5.74, 6) is 0.181. The van der Waals surface area contributed by atoms with Crippen molar-refractivity contribution >= 4 is 10.8 Å². The van der Waals surface area contributed by atoms with Crippen LogP contribution in [0.2, 0.25) is 0 Å². The summed E-state index contributed by atoms with van der Waals surface area (Å²) in [6, 6.07) is 8.29. The molecule has 2 saturated heterocycles. The minimum atomic E-state index is 0.0905. The second-order valence-electron chi connectivity index (χ2n) is 8.58. The van der Waals surface area contributed by atoms with Crippen LogP contribution < -0.4 is 0 Å². The monoisotopic (exact) mass is 382 g/mol. The Balaban J connectivity index is 1.68. The minimum absolute atomic E-state index is 0.0905. The Morgan fingerprint density at radius 1 is 0.571 bits per heavy atom. The summed E-state index contributed by atoms with van der Waals surface area (Å²) in [7, 11) is 0. The molecule has 4 nitrogen and oxygen atoms in total. The molecule has 0 aliphatic carbocycles. The van der Waals surface area contributed by atoms with E-state index in [4.69, 9.17) is 0 Å². The van der Waals surface area contributed by atoms with Gasteiger partial charge in [-0.2, -0.15) is 0 Å². The van der Waals surface area contributed by atoms with E-state index >= 15 is 0 Å². The quantitative estimate of drug-likeness (QED) is 0.730. The minimum Gasteiger partial charge on any atom is -0.504 e. The van der Waals surface area contributed by atoms with Crippen LogP contribution >= 0.6 is 0 Å². The van der Waals surface area contributed by atoms with Crippen molar-refractivity contribution in [1.29, 1.82) is 0 Å². The Hall–Kier alpha value is -1.78. The largest absolute Gasteiger partial charge is 0.504 e. The maximum Gasteiger partial charge on any atom is 0.162 e. The number of nitrogens with zero attached hydrogens (tertiary/aromatic N) is 2. The van der Waals surface area contributed by atoms with Crippen LogP contribution in [-0.2, 0) is 13.1 Å². The highest BCUT2D eigenvalue weighted by atomic mass is 16.3. The first-order valence-corrected chi connectivity index (χ1v) is 11.1. The predicted molar refractivity (Wildman–Crippen MR) is 115 cm³/mol. The number of hydrogen-bond donors (Lipinski definition) is 2. The van der Waals surface area contributed by atoms with Crippen molar-refractivity contribution in [3.8, 4) is 11.5 Å². The topological polar surface area (TPSA) is 46.9 Å².